The quantitative estimate of drug-likeness (QED) is 0.516. The monoisotopic (exact) mass is 501 g/mol. The predicted octanol–water partition coefficient (Wildman–Crippen LogP) is 3.61. The van der Waals surface area contributed by atoms with Crippen molar-refractivity contribution >= 4 is 29.2 Å². The van der Waals surface area contributed by atoms with Crippen LogP contribution in [-0.4, -0.2) is 65.2 Å². The number of carbonyl (C=O) groups is 3. The summed E-state index contributed by atoms with van der Waals surface area (Å²) in [7, 11) is 1.90. The summed E-state index contributed by atoms with van der Waals surface area (Å²) in [6, 6.07) is 22.7. The first-order chi connectivity index (χ1) is 17.9. The summed E-state index contributed by atoms with van der Waals surface area (Å²) in [5, 5.41) is 5.64. The van der Waals surface area contributed by atoms with Crippen LogP contribution in [0.25, 0.3) is 0 Å². The highest BCUT2D eigenvalue weighted by atomic mass is 16.2. The fourth-order valence-corrected chi connectivity index (χ4v) is 3.96. The number of aromatic nitrogens is 1. The van der Waals surface area contributed by atoms with Gasteiger partial charge in [0.15, 0.2) is 0 Å². The van der Waals surface area contributed by atoms with Crippen molar-refractivity contribution in [3.05, 3.63) is 90.1 Å². The van der Waals surface area contributed by atoms with Gasteiger partial charge in [0.05, 0.1) is 19.0 Å². The molecule has 8 heteroatoms. The van der Waals surface area contributed by atoms with Gasteiger partial charge in [-0.1, -0.05) is 55.5 Å². The van der Waals surface area contributed by atoms with E-state index in [4.69, 9.17) is 0 Å². The van der Waals surface area contributed by atoms with Crippen molar-refractivity contribution in [2.75, 3.05) is 37.3 Å². The molecule has 0 bridgehead atoms. The summed E-state index contributed by atoms with van der Waals surface area (Å²) in [5.74, 6) is 0.0327. The number of anilines is 2. The van der Waals surface area contributed by atoms with Gasteiger partial charge >= 0.3 is 0 Å². The minimum atomic E-state index is -0.252. The first kappa shape index (κ1) is 27.5. The summed E-state index contributed by atoms with van der Waals surface area (Å²) in [6.45, 7) is 5.15. The van der Waals surface area contributed by atoms with Crippen LogP contribution in [0.15, 0.2) is 79.0 Å². The molecule has 194 valence electrons. The van der Waals surface area contributed by atoms with E-state index < -0.39 is 0 Å². The standard InChI is InChI=1S/C23H29N5O3.C6H6/c1-4-17-8-9-19(13-18(17)14-21(29)26-20-7-5-6-10-24-20)25-22(30)15-28-12-11-27(3)16(2)23(28)31;1-2-4-6-5-3-1/h5-10,13,16H,4,11-12,14-15H2,1-3H3,(H,25,30)(H,24,26,29);1-6H. The molecular weight excluding hydrogens is 466 g/mol. The molecular formula is C29H35N5O3. The normalized spacial score (nSPS) is 15.4. The molecule has 0 saturated carbocycles. The lowest BCUT2D eigenvalue weighted by atomic mass is 10.0. The van der Waals surface area contributed by atoms with Crippen LogP contribution in [0.5, 0.6) is 0 Å². The predicted molar refractivity (Wildman–Crippen MR) is 146 cm³/mol. The van der Waals surface area contributed by atoms with Crippen LogP contribution in [0, 0.1) is 0 Å². The Morgan fingerprint density at radius 1 is 0.919 bits per heavy atom. The summed E-state index contributed by atoms with van der Waals surface area (Å²) in [4.78, 5) is 45.0. The Hall–Kier alpha value is -4.04. The molecule has 2 aromatic carbocycles. The van der Waals surface area contributed by atoms with Crippen LogP contribution in [0.4, 0.5) is 11.5 Å². The van der Waals surface area contributed by atoms with Gasteiger partial charge in [-0.05, 0) is 55.8 Å². The Morgan fingerprint density at radius 2 is 1.62 bits per heavy atom. The minimum absolute atomic E-state index is 0.0159. The Morgan fingerprint density at radius 3 is 2.24 bits per heavy atom. The summed E-state index contributed by atoms with van der Waals surface area (Å²) < 4.78 is 0. The molecule has 1 unspecified atom stereocenters. The lowest BCUT2D eigenvalue weighted by Gasteiger charge is -2.36. The molecule has 2 heterocycles. The average molecular weight is 502 g/mol. The van der Waals surface area contributed by atoms with Crippen molar-refractivity contribution < 1.29 is 14.4 Å². The van der Waals surface area contributed by atoms with E-state index in [9.17, 15) is 14.4 Å². The number of aryl methyl sites for hydroxylation is 1. The summed E-state index contributed by atoms with van der Waals surface area (Å²) in [6.07, 6.45) is 2.57. The molecule has 1 aromatic heterocycles. The second kappa shape index (κ2) is 13.9. The van der Waals surface area contributed by atoms with E-state index in [0.29, 0.717) is 18.1 Å². The first-order valence-corrected chi connectivity index (χ1v) is 12.5. The topological polar surface area (TPSA) is 94.6 Å². The zero-order valence-electron chi connectivity index (χ0n) is 21.7. The van der Waals surface area contributed by atoms with Gasteiger partial charge < -0.3 is 15.5 Å². The zero-order chi connectivity index (χ0) is 26.6. The van der Waals surface area contributed by atoms with Crippen LogP contribution in [-0.2, 0) is 27.2 Å². The van der Waals surface area contributed by atoms with Crippen molar-refractivity contribution in [1.82, 2.24) is 14.8 Å². The maximum absolute atomic E-state index is 12.5. The molecule has 1 aliphatic heterocycles. The number of hydrogen-bond donors (Lipinski definition) is 2. The van der Waals surface area contributed by atoms with Gasteiger partial charge in [-0.3, -0.25) is 19.3 Å². The van der Waals surface area contributed by atoms with Crippen molar-refractivity contribution in [3.8, 4) is 0 Å². The van der Waals surface area contributed by atoms with Crippen LogP contribution in [0.3, 0.4) is 0 Å². The highest BCUT2D eigenvalue weighted by Gasteiger charge is 2.30. The third kappa shape index (κ3) is 8.54. The van der Waals surface area contributed by atoms with E-state index in [1.54, 1.807) is 23.2 Å². The third-order valence-corrected chi connectivity index (χ3v) is 6.21. The third-order valence-electron chi connectivity index (χ3n) is 6.21. The number of nitrogens with zero attached hydrogens (tertiary/aromatic N) is 3. The molecule has 0 radical (unpaired) electrons. The number of pyridine rings is 1. The zero-order valence-corrected chi connectivity index (χ0v) is 21.7. The van der Waals surface area contributed by atoms with Gasteiger partial charge in [0, 0.05) is 25.0 Å². The molecule has 1 fully saturated rings. The molecule has 0 spiro atoms. The Bertz CT molecular complexity index is 1140. The number of likely N-dealkylation sites (N-methyl/N-ethyl adjacent to an activating group) is 1. The molecule has 37 heavy (non-hydrogen) atoms. The van der Waals surface area contributed by atoms with E-state index in [-0.39, 0.29) is 36.7 Å². The summed E-state index contributed by atoms with van der Waals surface area (Å²) >= 11 is 0. The Labute approximate surface area is 218 Å². The van der Waals surface area contributed by atoms with Crippen molar-refractivity contribution in [1.29, 1.82) is 0 Å². The number of piperazine rings is 1. The lowest BCUT2D eigenvalue weighted by Crippen LogP contribution is -2.55. The van der Waals surface area contributed by atoms with E-state index in [0.717, 1.165) is 24.1 Å². The molecule has 1 aliphatic rings. The fraction of sp³-hybridized carbons (Fsp3) is 0.310. The molecule has 4 rings (SSSR count). The number of hydrogen-bond acceptors (Lipinski definition) is 5. The van der Waals surface area contributed by atoms with Gasteiger partial charge in [0.25, 0.3) is 0 Å². The highest BCUT2D eigenvalue weighted by molar-refractivity contribution is 5.96. The number of rotatable bonds is 7. The second-order valence-electron chi connectivity index (χ2n) is 8.90. The van der Waals surface area contributed by atoms with E-state index in [2.05, 4.69) is 15.6 Å². The molecule has 3 aromatic rings. The highest BCUT2D eigenvalue weighted by Crippen LogP contribution is 2.18. The van der Waals surface area contributed by atoms with Gasteiger partial charge in [0.1, 0.15) is 5.82 Å². The number of carbonyl (C=O) groups excluding carboxylic acids is 3. The van der Waals surface area contributed by atoms with Gasteiger partial charge in [-0.25, -0.2) is 4.98 Å². The van der Waals surface area contributed by atoms with Gasteiger partial charge in [0.2, 0.25) is 17.7 Å². The van der Waals surface area contributed by atoms with Crippen molar-refractivity contribution in [2.45, 2.75) is 32.7 Å². The number of amides is 3. The van der Waals surface area contributed by atoms with Crippen molar-refractivity contribution in [3.63, 3.8) is 0 Å². The second-order valence-corrected chi connectivity index (χ2v) is 8.90. The molecule has 2 N–H and O–H groups in total. The Kier molecular flexibility index (Phi) is 10.3. The smallest absolute Gasteiger partial charge is 0.243 e. The minimum Gasteiger partial charge on any atom is -0.331 e. The fourth-order valence-electron chi connectivity index (χ4n) is 3.96. The molecule has 0 aliphatic carbocycles. The average Bonchev–Trinajstić information content (AvgIpc) is 2.91. The van der Waals surface area contributed by atoms with Crippen LogP contribution in [0.1, 0.15) is 25.0 Å². The maximum Gasteiger partial charge on any atom is 0.243 e. The SMILES string of the molecule is CCc1ccc(NC(=O)CN2CCN(C)C(C)C2=O)cc1CC(=O)Nc1ccccn1.c1ccccc1. The van der Waals surface area contributed by atoms with E-state index >= 15 is 0 Å². The van der Waals surface area contributed by atoms with E-state index in [1.165, 1.54) is 0 Å². The molecule has 8 nitrogen and oxygen atoms in total. The van der Waals surface area contributed by atoms with Gasteiger partial charge in [-0.15, -0.1) is 0 Å². The lowest BCUT2D eigenvalue weighted by molar-refractivity contribution is -0.142. The Balaban J connectivity index is 0.000000555. The van der Waals surface area contributed by atoms with Crippen molar-refractivity contribution in [2.24, 2.45) is 0 Å². The molecule has 1 atom stereocenters. The number of nitrogens with one attached hydrogen (secondary N) is 2. The summed E-state index contributed by atoms with van der Waals surface area (Å²) in [5.41, 5.74) is 2.49. The maximum atomic E-state index is 12.5. The largest absolute Gasteiger partial charge is 0.331 e. The molecule has 3 amide bonds. The number of benzene rings is 2. The van der Waals surface area contributed by atoms with Gasteiger partial charge in [-0.2, -0.15) is 0 Å². The van der Waals surface area contributed by atoms with E-state index in [1.807, 2.05) is 86.5 Å². The van der Waals surface area contributed by atoms with Crippen LogP contribution >= 0.6 is 0 Å². The van der Waals surface area contributed by atoms with Crippen LogP contribution in [0.2, 0.25) is 0 Å². The molecule has 1 saturated heterocycles. The van der Waals surface area contributed by atoms with Crippen LogP contribution < -0.4 is 10.6 Å². The first-order valence-electron chi connectivity index (χ1n) is 12.5.